The lowest BCUT2D eigenvalue weighted by atomic mass is 10.2. The highest BCUT2D eigenvalue weighted by molar-refractivity contribution is 7.89. The lowest BCUT2D eigenvalue weighted by Crippen LogP contribution is -2.28. The van der Waals surface area contributed by atoms with E-state index < -0.39 is 15.9 Å². The lowest BCUT2D eigenvalue weighted by Gasteiger charge is -2.16. The fourth-order valence-electron chi connectivity index (χ4n) is 2.71. The lowest BCUT2D eigenvalue weighted by molar-refractivity contribution is 0.102. The molecule has 132 valence electrons. The van der Waals surface area contributed by atoms with E-state index in [4.69, 9.17) is 11.6 Å². The molecule has 0 saturated carbocycles. The number of sulfonamides is 1. The summed E-state index contributed by atoms with van der Waals surface area (Å²) in [5.74, 6) is -0.0818. The summed E-state index contributed by atoms with van der Waals surface area (Å²) in [4.78, 5) is 16.7. The Morgan fingerprint density at radius 2 is 1.96 bits per heavy atom. The van der Waals surface area contributed by atoms with Gasteiger partial charge in [-0.05, 0) is 49.6 Å². The van der Waals surface area contributed by atoms with Crippen molar-refractivity contribution in [3.63, 3.8) is 0 Å². The molecule has 1 aromatic carbocycles. The Balaban J connectivity index is 1.91. The topological polar surface area (TPSA) is 79.4 Å². The molecule has 1 aliphatic heterocycles. The molecule has 8 heteroatoms. The van der Waals surface area contributed by atoms with E-state index in [2.05, 4.69) is 10.3 Å². The van der Waals surface area contributed by atoms with Gasteiger partial charge in [0.25, 0.3) is 5.91 Å². The van der Waals surface area contributed by atoms with Crippen molar-refractivity contribution in [2.75, 3.05) is 18.4 Å². The number of hydrogen-bond donors (Lipinski definition) is 1. The van der Waals surface area contributed by atoms with Gasteiger partial charge in [0.2, 0.25) is 10.0 Å². The number of aromatic nitrogens is 1. The Morgan fingerprint density at radius 1 is 1.24 bits per heavy atom. The fourth-order valence-corrected chi connectivity index (χ4v) is 4.46. The van der Waals surface area contributed by atoms with Gasteiger partial charge in [0.1, 0.15) is 5.82 Å². The van der Waals surface area contributed by atoms with Crippen molar-refractivity contribution >= 4 is 33.3 Å². The molecule has 0 atom stereocenters. The fraction of sp³-hybridized carbons (Fsp3) is 0.294. The molecule has 0 aliphatic carbocycles. The summed E-state index contributed by atoms with van der Waals surface area (Å²) >= 11 is 6.12. The normalized spacial score (nSPS) is 15.3. The summed E-state index contributed by atoms with van der Waals surface area (Å²) in [7, 11) is -3.61. The van der Waals surface area contributed by atoms with E-state index in [0.717, 1.165) is 18.4 Å². The number of carbonyl (C=O) groups excluding carboxylic acids is 1. The first-order chi connectivity index (χ1) is 11.9. The second-order valence-electron chi connectivity index (χ2n) is 5.88. The van der Waals surface area contributed by atoms with Crippen molar-refractivity contribution in [1.82, 2.24) is 9.29 Å². The third-order valence-electron chi connectivity index (χ3n) is 4.13. The Morgan fingerprint density at radius 3 is 2.64 bits per heavy atom. The highest BCUT2D eigenvalue weighted by Gasteiger charge is 2.28. The highest BCUT2D eigenvalue weighted by atomic mass is 35.5. The predicted octanol–water partition coefficient (Wildman–Crippen LogP) is 3.08. The first kappa shape index (κ1) is 17.8. The van der Waals surface area contributed by atoms with Gasteiger partial charge in [0, 0.05) is 19.3 Å². The average Bonchev–Trinajstić information content (AvgIpc) is 3.12. The zero-order valence-corrected chi connectivity index (χ0v) is 15.3. The molecule has 1 amide bonds. The molecule has 0 bridgehead atoms. The van der Waals surface area contributed by atoms with Crippen LogP contribution in [0, 0.1) is 6.92 Å². The largest absolute Gasteiger partial charge is 0.306 e. The number of anilines is 1. The molecule has 6 nitrogen and oxygen atoms in total. The van der Waals surface area contributed by atoms with Gasteiger partial charge in [-0.3, -0.25) is 4.79 Å². The number of benzene rings is 1. The van der Waals surface area contributed by atoms with E-state index in [1.807, 2.05) is 13.0 Å². The van der Waals surface area contributed by atoms with Gasteiger partial charge in [0.05, 0.1) is 15.5 Å². The van der Waals surface area contributed by atoms with Crippen molar-refractivity contribution < 1.29 is 13.2 Å². The Kier molecular flexibility index (Phi) is 5.08. The van der Waals surface area contributed by atoms with Crippen LogP contribution >= 0.6 is 11.6 Å². The Labute approximate surface area is 151 Å². The van der Waals surface area contributed by atoms with E-state index in [1.54, 1.807) is 12.3 Å². The monoisotopic (exact) mass is 379 g/mol. The van der Waals surface area contributed by atoms with Crippen LogP contribution in [0.3, 0.4) is 0 Å². The number of amides is 1. The van der Waals surface area contributed by atoms with Crippen LogP contribution in [0.1, 0.15) is 28.8 Å². The van der Waals surface area contributed by atoms with Crippen LogP contribution in [0.2, 0.25) is 5.02 Å². The quantitative estimate of drug-likeness (QED) is 0.885. The van der Waals surface area contributed by atoms with E-state index in [0.29, 0.717) is 18.9 Å². The molecule has 3 rings (SSSR count). The summed E-state index contributed by atoms with van der Waals surface area (Å²) in [6.07, 6.45) is 3.26. The Bertz CT molecular complexity index is 909. The maximum atomic E-state index is 12.7. The Hall–Kier alpha value is -1.96. The molecule has 2 heterocycles. The van der Waals surface area contributed by atoms with E-state index in [1.165, 1.54) is 22.5 Å². The summed E-state index contributed by atoms with van der Waals surface area (Å²) in [6, 6.07) is 7.77. The minimum Gasteiger partial charge on any atom is -0.306 e. The number of halogens is 1. The van der Waals surface area contributed by atoms with Crippen LogP contribution in [-0.2, 0) is 10.0 Å². The number of hydrogen-bond acceptors (Lipinski definition) is 4. The van der Waals surface area contributed by atoms with Crippen LogP contribution < -0.4 is 5.32 Å². The number of aryl methyl sites for hydroxylation is 1. The average molecular weight is 380 g/mol. The molecule has 1 fully saturated rings. The van der Waals surface area contributed by atoms with Crippen LogP contribution in [0.15, 0.2) is 41.4 Å². The first-order valence-corrected chi connectivity index (χ1v) is 9.74. The molecule has 1 aliphatic rings. The SMILES string of the molecule is Cc1cccnc1NC(=O)c1cc(S(=O)(=O)N2CCCC2)ccc1Cl. The third kappa shape index (κ3) is 3.68. The molecule has 2 aromatic rings. The van der Waals surface area contributed by atoms with Crippen LogP contribution in [0.25, 0.3) is 0 Å². The van der Waals surface area contributed by atoms with E-state index in [9.17, 15) is 13.2 Å². The second-order valence-corrected chi connectivity index (χ2v) is 8.22. The highest BCUT2D eigenvalue weighted by Crippen LogP contribution is 2.26. The minimum absolute atomic E-state index is 0.0710. The maximum absolute atomic E-state index is 12.7. The smallest absolute Gasteiger partial charge is 0.258 e. The third-order valence-corrected chi connectivity index (χ3v) is 6.35. The maximum Gasteiger partial charge on any atom is 0.258 e. The van der Waals surface area contributed by atoms with E-state index >= 15 is 0 Å². The number of rotatable bonds is 4. The molecule has 1 saturated heterocycles. The van der Waals surface area contributed by atoms with Crippen molar-refractivity contribution in [1.29, 1.82) is 0 Å². The molecule has 0 radical (unpaired) electrons. The van der Waals surface area contributed by atoms with Crippen LogP contribution in [0.5, 0.6) is 0 Å². The number of pyridine rings is 1. The second kappa shape index (κ2) is 7.11. The number of nitrogens with one attached hydrogen (secondary N) is 1. The van der Waals surface area contributed by atoms with Gasteiger partial charge in [0.15, 0.2) is 0 Å². The standard InChI is InChI=1S/C17H18ClN3O3S/c1-12-5-4-8-19-16(12)20-17(22)14-11-13(6-7-15(14)18)25(23,24)21-9-2-3-10-21/h4-8,11H,2-3,9-10H2,1H3,(H,19,20,22). The zero-order chi connectivity index (χ0) is 18.0. The summed E-state index contributed by atoms with van der Waals surface area (Å²) in [6.45, 7) is 2.82. The molecular formula is C17H18ClN3O3S. The minimum atomic E-state index is -3.61. The number of carbonyl (C=O) groups is 1. The zero-order valence-electron chi connectivity index (χ0n) is 13.7. The van der Waals surface area contributed by atoms with Crippen molar-refractivity contribution in [3.05, 3.63) is 52.7 Å². The van der Waals surface area contributed by atoms with Gasteiger partial charge in [-0.15, -0.1) is 0 Å². The van der Waals surface area contributed by atoms with Gasteiger partial charge >= 0.3 is 0 Å². The molecule has 0 spiro atoms. The van der Waals surface area contributed by atoms with Crippen molar-refractivity contribution in [2.24, 2.45) is 0 Å². The summed E-state index contributed by atoms with van der Waals surface area (Å²) < 4.78 is 26.8. The van der Waals surface area contributed by atoms with E-state index in [-0.39, 0.29) is 15.5 Å². The van der Waals surface area contributed by atoms with Gasteiger partial charge < -0.3 is 5.32 Å². The van der Waals surface area contributed by atoms with Crippen molar-refractivity contribution in [2.45, 2.75) is 24.7 Å². The summed E-state index contributed by atoms with van der Waals surface area (Å²) in [5.41, 5.74) is 0.903. The van der Waals surface area contributed by atoms with Crippen LogP contribution in [0.4, 0.5) is 5.82 Å². The predicted molar refractivity (Wildman–Crippen MR) is 96.4 cm³/mol. The van der Waals surface area contributed by atoms with Crippen LogP contribution in [-0.4, -0.2) is 36.7 Å². The summed E-state index contributed by atoms with van der Waals surface area (Å²) in [5, 5.41) is 2.86. The molecule has 25 heavy (non-hydrogen) atoms. The van der Waals surface area contributed by atoms with Crippen molar-refractivity contribution in [3.8, 4) is 0 Å². The first-order valence-electron chi connectivity index (χ1n) is 7.92. The van der Waals surface area contributed by atoms with Gasteiger partial charge in [-0.1, -0.05) is 17.7 Å². The molecule has 1 aromatic heterocycles. The molecule has 0 unspecified atom stereocenters. The molecular weight excluding hydrogens is 362 g/mol. The molecule has 1 N–H and O–H groups in total. The number of nitrogens with zero attached hydrogens (tertiary/aromatic N) is 2. The van der Waals surface area contributed by atoms with Gasteiger partial charge in [-0.2, -0.15) is 4.31 Å². The van der Waals surface area contributed by atoms with Gasteiger partial charge in [-0.25, -0.2) is 13.4 Å².